The molecule has 0 aromatic rings. The van der Waals surface area contributed by atoms with Crippen LogP contribution in [0.1, 0.15) is 19.3 Å². The molecule has 2 atom stereocenters. The number of thioether (sulfide) groups is 1. The molecular formula is C15H14N2O3S. The molecule has 0 amide bonds. The van der Waals surface area contributed by atoms with Gasteiger partial charge < -0.3 is 4.74 Å². The average molecular weight is 302 g/mol. The summed E-state index contributed by atoms with van der Waals surface area (Å²) in [5, 5.41) is 18.5. The van der Waals surface area contributed by atoms with E-state index in [0.717, 1.165) is 12.8 Å². The third kappa shape index (κ3) is 2.36. The average Bonchev–Trinajstić information content (AvgIpc) is 2.51. The number of hydrogen-bond acceptors (Lipinski definition) is 6. The van der Waals surface area contributed by atoms with E-state index in [1.165, 1.54) is 18.9 Å². The van der Waals surface area contributed by atoms with Crippen LogP contribution in [0.3, 0.4) is 0 Å². The lowest BCUT2D eigenvalue weighted by atomic mass is 9.67. The number of ether oxygens (including phenoxy) is 1. The van der Waals surface area contributed by atoms with Gasteiger partial charge in [0.2, 0.25) is 0 Å². The van der Waals surface area contributed by atoms with E-state index in [1.807, 2.05) is 12.1 Å². The van der Waals surface area contributed by atoms with Gasteiger partial charge in [0.15, 0.2) is 5.78 Å². The molecule has 2 aliphatic carbocycles. The third-order valence-electron chi connectivity index (χ3n) is 3.98. The number of carbonyl (C=O) groups is 2. The maximum absolute atomic E-state index is 12.5. The summed E-state index contributed by atoms with van der Waals surface area (Å²) in [6, 6.07) is 3.88. The topological polar surface area (TPSA) is 90.9 Å². The normalized spacial score (nSPS) is 26.8. The predicted molar refractivity (Wildman–Crippen MR) is 76.6 cm³/mol. The Hall–Kier alpha value is -2.05. The Morgan fingerprint density at radius 1 is 1.33 bits per heavy atom. The second kappa shape index (κ2) is 6.15. The molecule has 2 aliphatic rings. The molecule has 2 bridgehead atoms. The van der Waals surface area contributed by atoms with E-state index < -0.39 is 11.9 Å². The van der Waals surface area contributed by atoms with E-state index >= 15 is 0 Å². The highest BCUT2D eigenvalue weighted by Gasteiger charge is 2.44. The number of nitrogens with zero attached hydrogens (tertiary/aromatic N) is 2. The highest BCUT2D eigenvalue weighted by Crippen LogP contribution is 2.49. The number of allylic oxidation sites excluding steroid dienone is 3. The number of hydrogen-bond donors (Lipinski definition) is 0. The first-order valence-electron chi connectivity index (χ1n) is 6.55. The van der Waals surface area contributed by atoms with Crippen LogP contribution in [-0.4, -0.2) is 25.1 Å². The summed E-state index contributed by atoms with van der Waals surface area (Å²) in [6.45, 7) is 0. The van der Waals surface area contributed by atoms with Crippen molar-refractivity contribution in [2.75, 3.05) is 13.4 Å². The van der Waals surface area contributed by atoms with Crippen molar-refractivity contribution >= 4 is 23.5 Å². The molecule has 0 saturated heterocycles. The van der Waals surface area contributed by atoms with Crippen LogP contribution in [0.2, 0.25) is 0 Å². The second-order valence-corrected chi connectivity index (χ2v) is 5.74. The van der Waals surface area contributed by atoms with E-state index in [1.54, 1.807) is 6.26 Å². The van der Waals surface area contributed by atoms with E-state index in [0.29, 0.717) is 16.9 Å². The van der Waals surface area contributed by atoms with Crippen LogP contribution < -0.4 is 0 Å². The van der Waals surface area contributed by atoms with Crippen LogP contribution in [-0.2, 0) is 14.3 Å². The number of ketones is 1. The lowest BCUT2D eigenvalue weighted by Crippen LogP contribution is -2.35. The van der Waals surface area contributed by atoms with Gasteiger partial charge in [0.25, 0.3) is 0 Å². The highest BCUT2D eigenvalue weighted by molar-refractivity contribution is 8.02. The molecule has 0 aromatic carbocycles. The van der Waals surface area contributed by atoms with Crippen molar-refractivity contribution < 1.29 is 14.3 Å². The number of methoxy groups -OCH3 is 1. The number of carbonyl (C=O) groups excluding carboxylic acids is 2. The minimum absolute atomic E-state index is 0.0795. The van der Waals surface area contributed by atoms with Crippen LogP contribution in [0.15, 0.2) is 21.6 Å². The van der Waals surface area contributed by atoms with Gasteiger partial charge in [-0.3, -0.25) is 4.79 Å². The molecule has 0 N–H and O–H groups in total. The first-order valence-corrected chi connectivity index (χ1v) is 7.78. The van der Waals surface area contributed by atoms with Gasteiger partial charge in [-0.2, -0.15) is 10.5 Å². The summed E-state index contributed by atoms with van der Waals surface area (Å²) in [7, 11) is 1.21. The number of esters is 1. The molecule has 0 heterocycles. The van der Waals surface area contributed by atoms with Crippen LogP contribution in [0.5, 0.6) is 0 Å². The molecule has 0 spiro atoms. The van der Waals surface area contributed by atoms with Gasteiger partial charge >= 0.3 is 5.97 Å². The highest BCUT2D eigenvalue weighted by atomic mass is 32.2. The van der Waals surface area contributed by atoms with Gasteiger partial charge in [-0.1, -0.05) is 6.42 Å². The summed E-state index contributed by atoms with van der Waals surface area (Å²) in [5.41, 5.74) is 0.649. The van der Waals surface area contributed by atoms with E-state index in [2.05, 4.69) is 4.74 Å². The maximum atomic E-state index is 12.5. The Balaban J connectivity index is 2.72. The van der Waals surface area contributed by atoms with Crippen LogP contribution >= 0.6 is 11.8 Å². The predicted octanol–water partition coefficient (Wildman–Crippen LogP) is 2.12. The molecule has 0 unspecified atom stereocenters. The lowest BCUT2D eigenvalue weighted by Gasteiger charge is -2.37. The molecule has 0 aromatic heterocycles. The fourth-order valence-electron chi connectivity index (χ4n) is 3.13. The molecule has 2 rings (SSSR count). The first kappa shape index (κ1) is 15.3. The van der Waals surface area contributed by atoms with E-state index in [-0.39, 0.29) is 22.8 Å². The minimum Gasteiger partial charge on any atom is -0.465 e. The number of nitriles is 2. The number of fused-ring (bicyclic) bond motifs is 2. The number of Topliss-reactive ketones (excluding diaryl/α,β-unsaturated/α-hetero) is 1. The SMILES string of the molecule is COC(=O)/C(C#N)=C1/[C@@H]2CCC[C@H]1C(SC)=C(C#N)C2=O. The van der Waals surface area contributed by atoms with Gasteiger partial charge in [-0.25, -0.2) is 4.79 Å². The van der Waals surface area contributed by atoms with Crippen molar-refractivity contribution in [1.29, 1.82) is 10.5 Å². The summed E-state index contributed by atoms with van der Waals surface area (Å²) < 4.78 is 4.66. The summed E-state index contributed by atoms with van der Waals surface area (Å²) >= 11 is 1.34. The van der Waals surface area contributed by atoms with Gasteiger partial charge in [0.1, 0.15) is 23.3 Å². The molecule has 0 aliphatic heterocycles. The van der Waals surface area contributed by atoms with Crippen LogP contribution in [0, 0.1) is 34.5 Å². The van der Waals surface area contributed by atoms with Gasteiger partial charge in [0.05, 0.1) is 7.11 Å². The Bertz CT molecular complexity index is 649. The minimum atomic E-state index is -0.710. The standard InChI is InChI=1S/C15H14N2O3S/c1-20-15(19)10(6-16)12-8-4-3-5-9(12)14(21-2)11(7-17)13(8)18/h8-9H,3-5H2,1-2H3/b12-10-/t8-,9+/m0/s1. The zero-order valence-corrected chi connectivity index (χ0v) is 12.6. The summed E-state index contributed by atoms with van der Waals surface area (Å²) in [6.07, 6.45) is 3.95. The Morgan fingerprint density at radius 3 is 2.52 bits per heavy atom. The Kier molecular flexibility index (Phi) is 4.50. The fraction of sp³-hybridized carbons (Fsp3) is 0.467. The summed E-state index contributed by atoms with van der Waals surface area (Å²) in [5.74, 6) is -1.72. The van der Waals surface area contributed by atoms with Crippen molar-refractivity contribution in [3.05, 3.63) is 21.6 Å². The molecular weight excluding hydrogens is 288 g/mol. The zero-order valence-electron chi connectivity index (χ0n) is 11.8. The largest absolute Gasteiger partial charge is 0.465 e. The second-order valence-electron chi connectivity index (χ2n) is 4.89. The molecule has 21 heavy (non-hydrogen) atoms. The molecule has 5 nitrogen and oxygen atoms in total. The Labute approximate surface area is 127 Å². The van der Waals surface area contributed by atoms with Crippen molar-refractivity contribution in [2.45, 2.75) is 19.3 Å². The summed E-state index contributed by atoms with van der Waals surface area (Å²) in [4.78, 5) is 25.0. The smallest absolute Gasteiger partial charge is 0.348 e. The monoisotopic (exact) mass is 302 g/mol. The van der Waals surface area contributed by atoms with Crippen molar-refractivity contribution in [3.8, 4) is 12.1 Å². The van der Waals surface area contributed by atoms with Crippen LogP contribution in [0.25, 0.3) is 0 Å². The lowest BCUT2D eigenvalue weighted by molar-refractivity contribution is -0.135. The van der Waals surface area contributed by atoms with Crippen molar-refractivity contribution in [3.63, 3.8) is 0 Å². The maximum Gasteiger partial charge on any atom is 0.348 e. The quantitative estimate of drug-likeness (QED) is 0.441. The third-order valence-corrected chi connectivity index (χ3v) is 4.91. The molecule has 0 radical (unpaired) electrons. The van der Waals surface area contributed by atoms with Gasteiger partial charge in [-0.15, -0.1) is 11.8 Å². The van der Waals surface area contributed by atoms with E-state index in [4.69, 9.17) is 0 Å². The van der Waals surface area contributed by atoms with E-state index in [9.17, 15) is 20.1 Å². The first-order chi connectivity index (χ1) is 10.1. The number of rotatable bonds is 2. The molecule has 1 fully saturated rings. The molecule has 1 saturated carbocycles. The van der Waals surface area contributed by atoms with Gasteiger partial charge in [0, 0.05) is 16.7 Å². The molecule has 6 heteroatoms. The zero-order chi connectivity index (χ0) is 15.6. The fourth-order valence-corrected chi connectivity index (χ4v) is 4.01. The van der Waals surface area contributed by atoms with Gasteiger partial charge in [-0.05, 0) is 24.7 Å². The van der Waals surface area contributed by atoms with Crippen LogP contribution in [0.4, 0.5) is 0 Å². The Morgan fingerprint density at radius 2 is 2.00 bits per heavy atom. The van der Waals surface area contributed by atoms with Crippen molar-refractivity contribution in [2.24, 2.45) is 11.8 Å². The molecule has 108 valence electrons. The van der Waals surface area contributed by atoms with Crippen molar-refractivity contribution in [1.82, 2.24) is 0 Å².